The SMILES string of the molecule is COc1cc(OC)cc(-c2nnc(S[C@@H](C)C(N)=O)o2)c1. The lowest BCUT2D eigenvalue weighted by molar-refractivity contribution is -0.117. The van der Waals surface area contributed by atoms with Gasteiger partial charge in [-0.15, -0.1) is 10.2 Å². The van der Waals surface area contributed by atoms with Gasteiger partial charge in [-0.3, -0.25) is 4.79 Å². The highest BCUT2D eigenvalue weighted by Gasteiger charge is 2.17. The minimum atomic E-state index is -0.446. The number of nitrogens with zero attached hydrogens (tertiary/aromatic N) is 2. The number of hydrogen-bond acceptors (Lipinski definition) is 7. The molecule has 0 aliphatic carbocycles. The van der Waals surface area contributed by atoms with Gasteiger partial charge in [0, 0.05) is 11.6 Å². The van der Waals surface area contributed by atoms with Crippen LogP contribution in [0.25, 0.3) is 11.5 Å². The van der Waals surface area contributed by atoms with E-state index in [9.17, 15) is 4.79 Å². The zero-order chi connectivity index (χ0) is 15.4. The van der Waals surface area contributed by atoms with E-state index in [4.69, 9.17) is 19.6 Å². The number of rotatable bonds is 6. The minimum absolute atomic E-state index is 0.276. The predicted octanol–water partition coefficient (Wildman–Crippen LogP) is 1.72. The second-order valence-corrected chi connectivity index (χ2v) is 5.43. The Morgan fingerprint density at radius 2 is 1.86 bits per heavy atom. The number of hydrogen-bond donors (Lipinski definition) is 1. The Balaban J connectivity index is 2.26. The Morgan fingerprint density at radius 1 is 1.24 bits per heavy atom. The molecule has 2 aromatic rings. The Hall–Kier alpha value is -2.22. The fourth-order valence-corrected chi connectivity index (χ4v) is 2.15. The molecule has 2 rings (SSSR count). The van der Waals surface area contributed by atoms with E-state index >= 15 is 0 Å². The van der Waals surface area contributed by atoms with Crippen LogP contribution in [0.4, 0.5) is 0 Å². The van der Waals surface area contributed by atoms with Gasteiger partial charge >= 0.3 is 0 Å². The van der Waals surface area contributed by atoms with Crippen LogP contribution in [0.1, 0.15) is 6.92 Å². The van der Waals surface area contributed by atoms with E-state index in [-0.39, 0.29) is 5.22 Å². The first kappa shape index (κ1) is 15.2. The lowest BCUT2D eigenvalue weighted by Crippen LogP contribution is -2.22. The molecule has 8 heteroatoms. The normalized spacial score (nSPS) is 12.0. The fraction of sp³-hybridized carbons (Fsp3) is 0.308. The number of aromatic nitrogens is 2. The van der Waals surface area contributed by atoms with E-state index < -0.39 is 11.2 Å². The third kappa shape index (κ3) is 3.66. The van der Waals surface area contributed by atoms with E-state index in [2.05, 4.69) is 10.2 Å². The molecule has 1 atom stereocenters. The molecule has 0 aliphatic heterocycles. The Morgan fingerprint density at radius 3 is 2.38 bits per heavy atom. The number of thioether (sulfide) groups is 1. The van der Waals surface area contributed by atoms with Crippen LogP contribution in [0.5, 0.6) is 11.5 Å². The fourth-order valence-electron chi connectivity index (χ4n) is 1.51. The zero-order valence-electron chi connectivity index (χ0n) is 11.8. The highest BCUT2D eigenvalue weighted by molar-refractivity contribution is 8.00. The van der Waals surface area contributed by atoms with Crippen molar-refractivity contribution in [3.63, 3.8) is 0 Å². The number of ether oxygens (including phenoxy) is 2. The molecular weight excluding hydrogens is 294 g/mol. The highest BCUT2D eigenvalue weighted by atomic mass is 32.2. The number of benzene rings is 1. The number of carbonyl (C=O) groups is 1. The van der Waals surface area contributed by atoms with Crippen molar-refractivity contribution < 1.29 is 18.7 Å². The van der Waals surface area contributed by atoms with Gasteiger partial charge in [-0.05, 0) is 19.1 Å². The first-order chi connectivity index (χ1) is 10.0. The van der Waals surface area contributed by atoms with Gasteiger partial charge in [-0.1, -0.05) is 11.8 Å². The molecule has 1 aromatic heterocycles. The summed E-state index contributed by atoms with van der Waals surface area (Å²) in [7, 11) is 3.12. The molecule has 0 fully saturated rings. The van der Waals surface area contributed by atoms with Gasteiger partial charge in [0.2, 0.25) is 11.8 Å². The van der Waals surface area contributed by atoms with Crippen LogP contribution < -0.4 is 15.2 Å². The lowest BCUT2D eigenvalue weighted by Gasteiger charge is -2.05. The summed E-state index contributed by atoms with van der Waals surface area (Å²) in [5.41, 5.74) is 5.86. The summed E-state index contributed by atoms with van der Waals surface area (Å²) >= 11 is 1.11. The minimum Gasteiger partial charge on any atom is -0.497 e. The molecule has 1 amide bonds. The van der Waals surface area contributed by atoms with Crippen molar-refractivity contribution in [3.8, 4) is 23.0 Å². The van der Waals surface area contributed by atoms with Crippen molar-refractivity contribution in [1.29, 1.82) is 0 Å². The molecule has 0 aliphatic rings. The second-order valence-electron chi connectivity index (χ2n) is 4.14. The van der Waals surface area contributed by atoms with Crippen molar-refractivity contribution in [1.82, 2.24) is 10.2 Å². The molecule has 7 nitrogen and oxygen atoms in total. The Bertz CT molecular complexity index is 622. The summed E-state index contributed by atoms with van der Waals surface area (Å²) in [5, 5.41) is 7.66. The third-order valence-corrected chi connectivity index (χ3v) is 3.64. The smallest absolute Gasteiger partial charge is 0.277 e. The topological polar surface area (TPSA) is 100 Å². The van der Waals surface area contributed by atoms with Gasteiger partial charge in [0.1, 0.15) is 11.5 Å². The summed E-state index contributed by atoms with van der Waals surface area (Å²) in [6.45, 7) is 1.67. The number of nitrogens with two attached hydrogens (primary N) is 1. The van der Waals surface area contributed by atoms with E-state index in [1.54, 1.807) is 39.3 Å². The number of amides is 1. The maximum Gasteiger partial charge on any atom is 0.277 e. The molecule has 0 bridgehead atoms. The van der Waals surface area contributed by atoms with Gasteiger partial charge in [0.15, 0.2) is 0 Å². The molecule has 21 heavy (non-hydrogen) atoms. The standard InChI is InChI=1S/C13H15N3O4S/c1-7(11(14)17)21-13-16-15-12(20-13)8-4-9(18-2)6-10(5-8)19-3/h4-7H,1-3H3,(H2,14,17)/t7-/m0/s1. The zero-order valence-corrected chi connectivity index (χ0v) is 12.6. The van der Waals surface area contributed by atoms with Gasteiger partial charge in [-0.2, -0.15) is 0 Å². The molecule has 2 N–H and O–H groups in total. The predicted molar refractivity (Wildman–Crippen MR) is 77.4 cm³/mol. The molecule has 1 aromatic carbocycles. The molecule has 0 spiro atoms. The van der Waals surface area contributed by atoms with E-state index in [1.165, 1.54) is 0 Å². The quantitative estimate of drug-likeness (QED) is 0.811. The van der Waals surface area contributed by atoms with Crippen LogP contribution in [-0.4, -0.2) is 35.6 Å². The highest BCUT2D eigenvalue weighted by Crippen LogP contribution is 2.31. The van der Waals surface area contributed by atoms with Crippen molar-refractivity contribution >= 4 is 17.7 Å². The maximum absolute atomic E-state index is 11.0. The molecule has 0 radical (unpaired) electrons. The summed E-state index contributed by atoms with van der Waals surface area (Å²) in [6.07, 6.45) is 0. The Kier molecular flexibility index (Phi) is 4.69. The lowest BCUT2D eigenvalue weighted by atomic mass is 10.2. The molecule has 0 saturated carbocycles. The average molecular weight is 309 g/mol. The van der Waals surface area contributed by atoms with E-state index in [0.717, 1.165) is 11.8 Å². The van der Waals surface area contributed by atoms with Crippen LogP contribution in [-0.2, 0) is 4.79 Å². The first-order valence-corrected chi connectivity index (χ1v) is 6.94. The Labute approximate surface area is 125 Å². The van der Waals surface area contributed by atoms with Crippen molar-refractivity contribution in [2.24, 2.45) is 5.73 Å². The van der Waals surface area contributed by atoms with Gasteiger partial charge < -0.3 is 19.6 Å². The molecule has 1 heterocycles. The summed E-state index contributed by atoms with van der Waals surface area (Å²) in [5.74, 6) is 1.10. The monoisotopic (exact) mass is 309 g/mol. The number of methoxy groups -OCH3 is 2. The van der Waals surface area contributed by atoms with Gasteiger partial charge in [0.25, 0.3) is 5.22 Å². The van der Waals surface area contributed by atoms with Gasteiger partial charge in [0.05, 0.1) is 19.5 Å². The van der Waals surface area contributed by atoms with Crippen LogP contribution in [0.15, 0.2) is 27.8 Å². The molecule has 112 valence electrons. The summed E-state index contributed by atoms with van der Waals surface area (Å²) < 4.78 is 15.9. The summed E-state index contributed by atoms with van der Waals surface area (Å²) in [6, 6.07) is 5.24. The van der Waals surface area contributed by atoms with E-state index in [0.29, 0.717) is 23.0 Å². The molecule has 0 saturated heterocycles. The maximum atomic E-state index is 11.0. The van der Waals surface area contributed by atoms with Gasteiger partial charge in [-0.25, -0.2) is 0 Å². The van der Waals surface area contributed by atoms with Crippen molar-refractivity contribution in [2.45, 2.75) is 17.4 Å². The van der Waals surface area contributed by atoms with Crippen LogP contribution in [0.2, 0.25) is 0 Å². The molecular formula is C13H15N3O4S. The third-order valence-electron chi connectivity index (χ3n) is 2.68. The van der Waals surface area contributed by atoms with Crippen LogP contribution in [0.3, 0.4) is 0 Å². The van der Waals surface area contributed by atoms with Crippen LogP contribution >= 0.6 is 11.8 Å². The number of primary amides is 1. The van der Waals surface area contributed by atoms with Crippen LogP contribution in [0, 0.1) is 0 Å². The number of carbonyl (C=O) groups excluding carboxylic acids is 1. The second kappa shape index (κ2) is 6.49. The van der Waals surface area contributed by atoms with Crippen molar-refractivity contribution in [2.75, 3.05) is 14.2 Å². The van der Waals surface area contributed by atoms with E-state index in [1.807, 2.05) is 0 Å². The summed E-state index contributed by atoms with van der Waals surface area (Å²) in [4.78, 5) is 11.0. The average Bonchev–Trinajstić information content (AvgIpc) is 2.95. The first-order valence-electron chi connectivity index (χ1n) is 6.06. The molecule has 0 unspecified atom stereocenters. The largest absolute Gasteiger partial charge is 0.497 e. The van der Waals surface area contributed by atoms with Crippen molar-refractivity contribution in [3.05, 3.63) is 18.2 Å².